The molecule has 2 N–H and O–H groups in total. The van der Waals surface area contributed by atoms with Gasteiger partial charge in [-0.1, -0.05) is 32.4 Å². The van der Waals surface area contributed by atoms with Crippen LogP contribution >= 0.6 is 0 Å². The molecule has 5 nitrogen and oxygen atoms in total. The van der Waals surface area contributed by atoms with Crippen LogP contribution in [0.4, 0.5) is 0 Å². The Morgan fingerprint density at radius 3 is 2.35 bits per heavy atom. The first kappa shape index (κ1) is 19.3. The monoisotopic (exact) mass is 357 g/mol. The molecule has 1 aromatic heterocycles. The maximum Gasteiger partial charge on any atom is 0.0841 e. The number of fused-ring (bicyclic) bond motifs is 1. The van der Waals surface area contributed by atoms with E-state index in [4.69, 9.17) is 10.8 Å². The molecule has 0 atom stereocenters. The van der Waals surface area contributed by atoms with Gasteiger partial charge in [-0.2, -0.15) is 5.10 Å². The molecule has 1 fully saturated rings. The highest BCUT2D eigenvalue weighted by molar-refractivity contribution is 5.85. The van der Waals surface area contributed by atoms with Gasteiger partial charge in [-0.3, -0.25) is 4.68 Å². The van der Waals surface area contributed by atoms with Gasteiger partial charge in [-0.25, -0.2) is 0 Å². The average molecular weight is 358 g/mol. The van der Waals surface area contributed by atoms with E-state index in [0.717, 1.165) is 31.6 Å². The van der Waals surface area contributed by atoms with Gasteiger partial charge in [-0.05, 0) is 37.4 Å². The zero-order valence-electron chi connectivity index (χ0n) is 16.6. The van der Waals surface area contributed by atoms with Gasteiger partial charge in [0.1, 0.15) is 0 Å². The number of hydrogen-bond donors (Lipinski definition) is 1. The van der Waals surface area contributed by atoms with E-state index in [0.29, 0.717) is 6.54 Å². The summed E-state index contributed by atoms with van der Waals surface area (Å²) < 4.78 is 2.13. The van der Waals surface area contributed by atoms with Gasteiger partial charge < -0.3 is 15.5 Å². The minimum atomic E-state index is 0.514. The van der Waals surface area contributed by atoms with Crippen molar-refractivity contribution in [2.75, 3.05) is 39.3 Å². The van der Waals surface area contributed by atoms with E-state index in [9.17, 15) is 0 Å². The van der Waals surface area contributed by atoms with Gasteiger partial charge in [-0.15, -0.1) is 0 Å². The summed E-state index contributed by atoms with van der Waals surface area (Å²) in [6.45, 7) is 13.1. The number of aromatic nitrogens is 2. The van der Waals surface area contributed by atoms with Gasteiger partial charge in [0, 0.05) is 51.2 Å². The number of hydrogen-bond acceptors (Lipinski definition) is 4. The predicted octanol–water partition coefficient (Wildman–Crippen LogP) is 2.87. The first-order chi connectivity index (χ1) is 12.8. The van der Waals surface area contributed by atoms with E-state index in [-0.39, 0.29) is 0 Å². The maximum absolute atomic E-state index is 6.00. The van der Waals surface area contributed by atoms with E-state index in [1.807, 2.05) is 0 Å². The molecule has 1 saturated heterocycles. The molecule has 5 heteroatoms. The van der Waals surface area contributed by atoms with E-state index >= 15 is 0 Å². The van der Waals surface area contributed by atoms with Crippen LogP contribution in [-0.4, -0.2) is 58.8 Å². The molecule has 26 heavy (non-hydrogen) atoms. The van der Waals surface area contributed by atoms with Crippen molar-refractivity contribution in [3.8, 4) is 0 Å². The summed E-state index contributed by atoms with van der Waals surface area (Å²) in [6, 6.07) is 6.62. The van der Waals surface area contributed by atoms with Gasteiger partial charge in [0.15, 0.2) is 0 Å². The Labute approximate surface area is 158 Å². The zero-order valence-corrected chi connectivity index (χ0v) is 16.6. The van der Waals surface area contributed by atoms with Crippen molar-refractivity contribution in [3.63, 3.8) is 0 Å². The number of benzene rings is 1. The number of nitrogens with two attached hydrogens (primary N) is 1. The molecule has 0 unspecified atom stereocenters. The summed E-state index contributed by atoms with van der Waals surface area (Å²) in [5.74, 6) is 0. The fourth-order valence-electron chi connectivity index (χ4n) is 4.01. The molecule has 3 rings (SSSR count). The second-order valence-electron chi connectivity index (χ2n) is 7.47. The van der Waals surface area contributed by atoms with Gasteiger partial charge in [0.2, 0.25) is 0 Å². The number of nitrogens with zero attached hydrogens (tertiary/aromatic N) is 4. The van der Waals surface area contributed by atoms with Crippen LogP contribution in [0.1, 0.15) is 44.4 Å². The summed E-state index contributed by atoms with van der Waals surface area (Å²) >= 11 is 0. The highest BCUT2D eigenvalue weighted by atomic mass is 15.3. The fourth-order valence-corrected chi connectivity index (χ4v) is 4.01. The minimum Gasteiger partial charge on any atom is -0.325 e. The Morgan fingerprint density at radius 1 is 0.962 bits per heavy atom. The van der Waals surface area contributed by atoms with Crippen LogP contribution in [0, 0.1) is 0 Å². The van der Waals surface area contributed by atoms with Crippen LogP contribution in [0.5, 0.6) is 0 Å². The van der Waals surface area contributed by atoms with Crippen molar-refractivity contribution in [1.82, 2.24) is 19.6 Å². The van der Waals surface area contributed by atoms with Crippen LogP contribution in [0.25, 0.3) is 10.9 Å². The Kier molecular flexibility index (Phi) is 7.06. The molecule has 0 aliphatic carbocycles. The standard InChI is InChI=1S/C21H35N5/c1-3-5-11-24-13-15-25(16-14-24)12-9-18-7-6-8-20-21(18)19(17-22)23-26(20)10-4-2/h6-8H,3-5,9-17,22H2,1-2H3. The summed E-state index contributed by atoms with van der Waals surface area (Å²) in [4.78, 5) is 5.22. The Balaban J connectivity index is 1.64. The third-order valence-corrected chi connectivity index (χ3v) is 5.56. The lowest BCUT2D eigenvalue weighted by Crippen LogP contribution is -2.47. The van der Waals surface area contributed by atoms with E-state index in [1.165, 1.54) is 62.0 Å². The smallest absolute Gasteiger partial charge is 0.0841 e. The lowest BCUT2D eigenvalue weighted by atomic mass is 10.0. The molecule has 1 aliphatic rings. The normalized spacial score (nSPS) is 16.6. The van der Waals surface area contributed by atoms with Gasteiger partial charge in [0.05, 0.1) is 11.2 Å². The Bertz CT molecular complexity index is 685. The van der Waals surface area contributed by atoms with Crippen molar-refractivity contribution in [2.45, 2.75) is 52.6 Å². The summed E-state index contributed by atoms with van der Waals surface area (Å²) in [5, 5.41) is 6.06. The largest absolute Gasteiger partial charge is 0.325 e. The van der Waals surface area contributed by atoms with E-state index < -0.39 is 0 Å². The average Bonchev–Trinajstić information content (AvgIpc) is 3.04. The van der Waals surface area contributed by atoms with Crippen LogP contribution in [0.2, 0.25) is 0 Å². The van der Waals surface area contributed by atoms with Crippen molar-refractivity contribution in [3.05, 3.63) is 29.5 Å². The van der Waals surface area contributed by atoms with Crippen LogP contribution in [0.15, 0.2) is 18.2 Å². The Hall–Kier alpha value is -1.43. The minimum absolute atomic E-state index is 0.514. The first-order valence-corrected chi connectivity index (χ1v) is 10.4. The zero-order chi connectivity index (χ0) is 18.4. The molecule has 2 heterocycles. The van der Waals surface area contributed by atoms with Crippen LogP contribution in [0.3, 0.4) is 0 Å². The predicted molar refractivity (Wildman–Crippen MR) is 109 cm³/mol. The molecule has 0 spiro atoms. The van der Waals surface area contributed by atoms with E-state index in [2.05, 4.69) is 46.5 Å². The topological polar surface area (TPSA) is 50.3 Å². The number of aryl methyl sites for hydroxylation is 1. The first-order valence-electron chi connectivity index (χ1n) is 10.4. The van der Waals surface area contributed by atoms with Gasteiger partial charge in [0.25, 0.3) is 0 Å². The summed E-state index contributed by atoms with van der Waals surface area (Å²) in [7, 11) is 0. The van der Waals surface area contributed by atoms with E-state index in [1.54, 1.807) is 0 Å². The van der Waals surface area contributed by atoms with Crippen molar-refractivity contribution >= 4 is 10.9 Å². The summed E-state index contributed by atoms with van der Waals surface area (Å²) in [6.07, 6.45) is 4.79. The fraction of sp³-hybridized carbons (Fsp3) is 0.667. The molecule has 144 valence electrons. The van der Waals surface area contributed by atoms with Gasteiger partial charge >= 0.3 is 0 Å². The van der Waals surface area contributed by atoms with Crippen LogP contribution in [-0.2, 0) is 19.5 Å². The Morgan fingerprint density at radius 2 is 1.69 bits per heavy atom. The number of unbranched alkanes of at least 4 members (excludes halogenated alkanes) is 1. The second-order valence-corrected chi connectivity index (χ2v) is 7.47. The van der Waals surface area contributed by atoms with Crippen molar-refractivity contribution in [2.24, 2.45) is 5.73 Å². The third kappa shape index (κ3) is 4.45. The molecule has 1 aliphatic heterocycles. The molecular formula is C21H35N5. The lowest BCUT2D eigenvalue weighted by molar-refractivity contribution is 0.132. The highest BCUT2D eigenvalue weighted by Crippen LogP contribution is 2.24. The number of rotatable bonds is 9. The third-order valence-electron chi connectivity index (χ3n) is 5.56. The molecule has 1 aromatic carbocycles. The summed E-state index contributed by atoms with van der Waals surface area (Å²) in [5.41, 5.74) is 9.69. The number of piperazine rings is 1. The van der Waals surface area contributed by atoms with Crippen molar-refractivity contribution < 1.29 is 0 Å². The molecule has 0 radical (unpaired) electrons. The lowest BCUT2D eigenvalue weighted by Gasteiger charge is -2.34. The quantitative estimate of drug-likeness (QED) is 0.750. The molecule has 2 aromatic rings. The molecule has 0 amide bonds. The molecule has 0 saturated carbocycles. The maximum atomic E-state index is 6.00. The second kappa shape index (κ2) is 9.49. The van der Waals surface area contributed by atoms with Crippen molar-refractivity contribution in [1.29, 1.82) is 0 Å². The highest BCUT2D eigenvalue weighted by Gasteiger charge is 2.17. The SMILES string of the molecule is CCCCN1CCN(CCc2cccc3c2c(CN)nn3CCC)CC1. The molecular weight excluding hydrogens is 322 g/mol. The van der Waals surface area contributed by atoms with Crippen LogP contribution < -0.4 is 5.73 Å². The molecule has 0 bridgehead atoms.